The van der Waals surface area contributed by atoms with Crippen LogP contribution in [0.2, 0.25) is 0 Å². The van der Waals surface area contributed by atoms with E-state index in [0.29, 0.717) is 12.3 Å². The molecule has 5 atom stereocenters. The Labute approximate surface area is 189 Å². The summed E-state index contributed by atoms with van der Waals surface area (Å²) in [4.78, 5) is 0. The number of rotatable bonds is 9. The molecule has 0 radical (unpaired) electrons. The predicted octanol–water partition coefficient (Wildman–Crippen LogP) is 9.70. The molecule has 168 valence electrons. The fraction of sp³-hybridized carbons (Fsp3) is 0.600. The van der Waals surface area contributed by atoms with E-state index in [1.807, 2.05) is 12.1 Å². The molecule has 0 bridgehead atoms. The molecular weight excluding hydrogens is 379 g/mol. The maximum absolute atomic E-state index is 14.3. The van der Waals surface area contributed by atoms with Crippen molar-refractivity contribution in [1.29, 1.82) is 0 Å². The Morgan fingerprint density at radius 3 is 2.55 bits per heavy atom. The van der Waals surface area contributed by atoms with Gasteiger partial charge in [0.25, 0.3) is 0 Å². The predicted molar refractivity (Wildman–Crippen MR) is 132 cm³/mol. The highest BCUT2D eigenvalue weighted by atomic mass is 19.1. The lowest BCUT2D eigenvalue weighted by Gasteiger charge is -2.42. The number of alkyl halides is 1. The number of hydrogen-bond acceptors (Lipinski definition) is 0. The van der Waals surface area contributed by atoms with E-state index >= 15 is 0 Å². The molecular formula is C30H41F. The highest BCUT2D eigenvalue weighted by Crippen LogP contribution is 2.48. The molecule has 2 aliphatic rings. The number of hydrogen-bond donors (Lipinski definition) is 0. The zero-order valence-electron chi connectivity index (χ0n) is 19.5. The van der Waals surface area contributed by atoms with E-state index in [9.17, 15) is 4.39 Å². The summed E-state index contributed by atoms with van der Waals surface area (Å²) in [7, 11) is 0. The lowest BCUT2D eigenvalue weighted by Crippen LogP contribution is -2.30. The molecule has 0 spiro atoms. The number of allylic oxidation sites excluding steroid dienone is 1. The van der Waals surface area contributed by atoms with Crippen molar-refractivity contribution >= 4 is 10.8 Å². The zero-order chi connectivity index (χ0) is 21.6. The van der Waals surface area contributed by atoms with Crippen LogP contribution in [-0.2, 0) is 0 Å². The van der Waals surface area contributed by atoms with Gasteiger partial charge in [-0.25, -0.2) is 4.39 Å². The minimum absolute atomic E-state index is 0.383. The number of fused-ring (bicyclic) bond motifs is 2. The standard InChI is InChI=1S/C30H41F/c1-3-5-6-7-9-22-10-11-24-19-25(13-12-23(24)18-22)26-14-15-28-21-29(30(31)8-4-2)17-16-27(28)20-26/h4,14-17,20-25,30H,2-3,5-13,18-19H2,1H3. The zero-order valence-corrected chi connectivity index (χ0v) is 19.5. The Kier molecular flexibility index (Phi) is 7.86. The Hall–Kier alpha value is -1.63. The van der Waals surface area contributed by atoms with Crippen molar-refractivity contribution in [3.8, 4) is 0 Å². The molecule has 0 saturated heterocycles. The largest absolute Gasteiger partial charge is 0.242 e. The highest BCUT2D eigenvalue weighted by molar-refractivity contribution is 5.84. The van der Waals surface area contributed by atoms with Gasteiger partial charge in [-0.1, -0.05) is 81.9 Å². The van der Waals surface area contributed by atoms with Gasteiger partial charge in [0.2, 0.25) is 0 Å². The molecule has 2 aromatic carbocycles. The molecule has 2 aromatic rings. The third-order valence-electron chi connectivity index (χ3n) is 8.28. The van der Waals surface area contributed by atoms with Gasteiger partial charge in [0, 0.05) is 6.42 Å². The van der Waals surface area contributed by atoms with Crippen LogP contribution in [0.5, 0.6) is 0 Å². The molecule has 5 unspecified atom stereocenters. The van der Waals surface area contributed by atoms with Crippen molar-refractivity contribution in [2.24, 2.45) is 17.8 Å². The topological polar surface area (TPSA) is 0 Å². The molecule has 31 heavy (non-hydrogen) atoms. The van der Waals surface area contributed by atoms with Crippen molar-refractivity contribution in [3.05, 3.63) is 60.2 Å². The maximum atomic E-state index is 14.3. The lowest BCUT2D eigenvalue weighted by molar-refractivity contribution is 0.113. The van der Waals surface area contributed by atoms with E-state index < -0.39 is 6.17 Å². The van der Waals surface area contributed by atoms with Crippen LogP contribution >= 0.6 is 0 Å². The van der Waals surface area contributed by atoms with Crippen molar-refractivity contribution in [3.63, 3.8) is 0 Å². The quantitative estimate of drug-likeness (QED) is 0.280. The van der Waals surface area contributed by atoms with Gasteiger partial charge in [-0.15, -0.1) is 6.58 Å². The van der Waals surface area contributed by atoms with Crippen LogP contribution in [0.4, 0.5) is 4.39 Å². The first kappa shape index (κ1) is 22.6. The first-order valence-electron chi connectivity index (χ1n) is 13.0. The Morgan fingerprint density at radius 2 is 1.71 bits per heavy atom. The molecule has 0 nitrogen and oxygen atoms in total. The number of benzene rings is 2. The third kappa shape index (κ3) is 5.60. The van der Waals surface area contributed by atoms with Crippen LogP contribution in [0.25, 0.3) is 10.8 Å². The molecule has 2 saturated carbocycles. The molecule has 2 aliphatic carbocycles. The molecule has 1 heteroatoms. The fourth-order valence-corrected chi connectivity index (χ4v) is 6.42. The average Bonchev–Trinajstić information content (AvgIpc) is 2.81. The maximum Gasteiger partial charge on any atom is 0.129 e. The summed E-state index contributed by atoms with van der Waals surface area (Å²) in [5.74, 6) is 3.64. The van der Waals surface area contributed by atoms with Crippen LogP contribution in [0.1, 0.15) is 107 Å². The smallest absolute Gasteiger partial charge is 0.129 e. The minimum Gasteiger partial charge on any atom is -0.242 e. The van der Waals surface area contributed by atoms with Gasteiger partial charge in [-0.2, -0.15) is 0 Å². The van der Waals surface area contributed by atoms with E-state index in [1.165, 1.54) is 81.6 Å². The molecule has 0 amide bonds. The van der Waals surface area contributed by atoms with E-state index in [4.69, 9.17) is 0 Å². The summed E-state index contributed by atoms with van der Waals surface area (Å²) < 4.78 is 14.3. The Morgan fingerprint density at radius 1 is 0.935 bits per heavy atom. The second-order valence-corrected chi connectivity index (χ2v) is 10.4. The van der Waals surface area contributed by atoms with E-state index in [2.05, 4.69) is 37.8 Å². The van der Waals surface area contributed by atoms with Crippen LogP contribution in [0, 0.1) is 17.8 Å². The van der Waals surface area contributed by atoms with E-state index in [0.717, 1.165) is 28.7 Å². The van der Waals surface area contributed by atoms with Gasteiger partial charge in [0.1, 0.15) is 6.17 Å². The minimum atomic E-state index is -0.946. The molecule has 2 fully saturated rings. The van der Waals surface area contributed by atoms with Gasteiger partial charge in [0.15, 0.2) is 0 Å². The van der Waals surface area contributed by atoms with Crippen molar-refractivity contribution < 1.29 is 4.39 Å². The second-order valence-electron chi connectivity index (χ2n) is 10.4. The molecule has 0 N–H and O–H groups in total. The van der Waals surface area contributed by atoms with Crippen molar-refractivity contribution in [1.82, 2.24) is 0 Å². The molecule has 0 aromatic heterocycles. The normalized spacial score (nSPS) is 27.0. The van der Waals surface area contributed by atoms with Crippen LogP contribution < -0.4 is 0 Å². The summed E-state index contributed by atoms with van der Waals surface area (Å²) in [5.41, 5.74) is 2.27. The highest BCUT2D eigenvalue weighted by Gasteiger charge is 2.35. The van der Waals surface area contributed by atoms with Crippen molar-refractivity contribution in [2.45, 2.75) is 96.1 Å². The van der Waals surface area contributed by atoms with Gasteiger partial charge in [-0.3, -0.25) is 0 Å². The molecule has 4 rings (SSSR count). The second kappa shape index (κ2) is 10.8. The molecule has 0 aliphatic heterocycles. The van der Waals surface area contributed by atoms with E-state index in [1.54, 1.807) is 6.08 Å². The monoisotopic (exact) mass is 420 g/mol. The lowest BCUT2D eigenvalue weighted by atomic mass is 9.63. The van der Waals surface area contributed by atoms with Gasteiger partial charge in [0.05, 0.1) is 0 Å². The summed E-state index contributed by atoms with van der Waals surface area (Å²) in [5, 5.41) is 2.41. The van der Waals surface area contributed by atoms with E-state index in [-0.39, 0.29) is 0 Å². The number of halogens is 1. The van der Waals surface area contributed by atoms with Crippen LogP contribution in [-0.4, -0.2) is 0 Å². The van der Waals surface area contributed by atoms with Crippen LogP contribution in [0.3, 0.4) is 0 Å². The van der Waals surface area contributed by atoms with Gasteiger partial charge < -0.3 is 0 Å². The average molecular weight is 421 g/mol. The Bertz CT molecular complexity index is 853. The van der Waals surface area contributed by atoms with Crippen LogP contribution in [0.15, 0.2) is 49.1 Å². The van der Waals surface area contributed by atoms with Crippen molar-refractivity contribution in [2.75, 3.05) is 0 Å². The summed E-state index contributed by atoms with van der Waals surface area (Å²) in [6, 6.07) is 13.0. The summed E-state index contributed by atoms with van der Waals surface area (Å²) >= 11 is 0. The molecule has 0 heterocycles. The Balaban J connectivity index is 1.36. The summed E-state index contributed by atoms with van der Waals surface area (Å²) in [6.07, 6.45) is 16.8. The first-order chi connectivity index (χ1) is 15.2. The third-order valence-corrected chi connectivity index (χ3v) is 8.28. The SMILES string of the molecule is C=CCC(F)c1ccc2cc(C3CCC4CC(CCCCCC)CCC4C3)ccc2c1. The van der Waals surface area contributed by atoms with Gasteiger partial charge >= 0.3 is 0 Å². The fourth-order valence-electron chi connectivity index (χ4n) is 6.42. The van der Waals surface area contributed by atoms with Gasteiger partial charge in [-0.05, 0) is 83.7 Å². The summed E-state index contributed by atoms with van der Waals surface area (Å²) in [6.45, 7) is 5.97. The first-order valence-corrected chi connectivity index (χ1v) is 13.0. The number of unbranched alkanes of at least 4 members (excludes halogenated alkanes) is 3.